The second-order valence-electron chi connectivity index (χ2n) is 4.24. The summed E-state index contributed by atoms with van der Waals surface area (Å²) in [6.45, 7) is 3.91. The molecule has 0 aromatic heterocycles. The van der Waals surface area contributed by atoms with E-state index in [2.05, 4.69) is 5.32 Å². The second-order valence-corrected chi connectivity index (χ2v) is 4.98. The van der Waals surface area contributed by atoms with Gasteiger partial charge in [-0.05, 0) is 31.0 Å². The molecule has 0 aliphatic rings. The van der Waals surface area contributed by atoms with Gasteiger partial charge in [-0.15, -0.1) is 11.6 Å². The number of halogens is 2. The molecule has 0 aliphatic carbocycles. The van der Waals surface area contributed by atoms with Gasteiger partial charge in [0.05, 0.1) is 12.7 Å². The number of methoxy groups -OCH3 is 1. The molecule has 0 bridgehead atoms. The van der Waals surface area contributed by atoms with Crippen LogP contribution in [-0.2, 0) is 0 Å². The summed E-state index contributed by atoms with van der Waals surface area (Å²) >= 11 is 11.6. The molecule has 1 aromatic carbocycles. The van der Waals surface area contributed by atoms with Gasteiger partial charge in [0.15, 0.2) is 0 Å². The van der Waals surface area contributed by atoms with Gasteiger partial charge in [0.25, 0.3) is 5.91 Å². The van der Waals surface area contributed by atoms with Gasteiger partial charge in [0.2, 0.25) is 0 Å². The van der Waals surface area contributed by atoms with Crippen molar-refractivity contribution in [1.29, 1.82) is 0 Å². The number of hydrogen-bond acceptors (Lipinski definition) is 2. The zero-order valence-electron chi connectivity index (χ0n) is 10.7. The van der Waals surface area contributed by atoms with Crippen molar-refractivity contribution in [3.8, 4) is 5.75 Å². The topological polar surface area (TPSA) is 38.3 Å². The Hall–Kier alpha value is -0.930. The zero-order valence-corrected chi connectivity index (χ0v) is 12.2. The van der Waals surface area contributed by atoms with E-state index in [0.717, 1.165) is 0 Å². The Morgan fingerprint density at radius 3 is 2.67 bits per heavy atom. The minimum atomic E-state index is -0.187. The largest absolute Gasteiger partial charge is 0.496 e. The SMILES string of the molecule is COc1cc(Cl)ccc1C(=O)NC(C)C(C)CCl. The van der Waals surface area contributed by atoms with Gasteiger partial charge in [0, 0.05) is 16.9 Å². The van der Waals surface area contributed by atoms with Crippen molar-refractivity contribution in [3.05, 3.63) is 28.8 Å². The van der Waals surface area contributed by atoms with Crippen LogP contribution in [0, 0.1) is 5.92 Å². The summed E-state index contributed by atoms with van der Waals surface area (Å²) in [7, 11) is 1.51. The highest BCUT2D eigenvalue weighted by atomic mass is 35.5. The summed E-state index contributed by atoms with van der Waals surface area (Å²) in [5.74, 6) is 0.978. The lowest BCUT2D eigenvalue weighted by atomic mass is 10.1. The van der Waals surface area contributed by atoms with E-state index in [-0.39, 0.29) is 17.9 Å². The molecule has 1 aromatic rings. The van der Waals surface area contributed by atoms with Crippen molar-refractivity contribution >= 4 is 29.1 Å². The average Bonchev–Trinajstić information content (AvgIpc) is 2.37. The molecule has 2 atom stereocenters. The van der Waals surface area contributed by atoms with Crippen LogP contribution in [0.3, 0.4) is 0 Å². The van der Waals surface area contributed by atoms with Crippen LogP contribution in [0.4, 0.5) is 0 Å². The molecule has 0 spiro atoms. The highest BCUT2D eigenvalue weighted by Crippen LogP contribution is 2.23. The summed E-state index contributed by atoms with van der Waals surface area (Å²) in [6, 6.07) is 4.92. The number of benzene rings is 1. The van der Waals surface area contributed by atoms with E-state index >= 15 is 0 Å². The third kappa shape index (κ3) is 3.79. The Morgan fingerprint density at radius 1 is 1.44 bits per heavy atom. The van der Waals surface area contributed by atoms with Crippen molar-refractivity contribution < 1.29 is 9.53 Å². The fourth-order valence-corrected chi connectivity index (χ4v) is 1.84. The van der Waals surface area contributed by atoms with Crippen LogP contribution in [0.1, 0.15) is 24.2 Å². The van der Waals surface area contributed by atoms with Crippen molar-refractivity contribution in [3.63, 3.8) is 0 Å². The van der Waals surface area contributed by atoms with E-state index in [1.807, 2.05) is 13.8 Å². The Labute approximate surface area is 117 Å². The maximum atomic E-state index is 12.1. The summed E-state index contributed by atoms with van der Waals surface area (Å²) in [6.07, 6.45) is 0. The number of carbonyl (C=O) groups excluding carboxylic acids is 1. The first-order valence-electron chi connectivity index (χ1n) is 5.70. The lowest BCUT2D eigenvalue weighted by molar-refractivity contribution is 0.0928. The maximum absolute atomic E-state index is 12.1. The molecule has 1 amide bonds. The molecule has 0 saturated heterocycles. The van der Waals surface area contributed by atoms with Gasteiger partial charge in [0.1, 0.15) is 5.75 Å². The molecule has 100 valence electrons. The number of alkyl halides is 1. The van der Waals surface area contributed by atoms with Gasteiger partial charge in [-0.25, -0.2) is 0 Å². The lowest BCUT2D eigenvalue weighted by Crippen LogP contribution is -2.37. The summed E-state index contributed by atoms with van der Waals surface area (Å²) in [5, 5.41) is 3.43. The van der Waals surface area contributed by atoms with E-state index in [0.29, 0.717) is 22.2 Å². The third-order valence-electron chi connectivity index (χ3n) is 2.86. The molecule has 5 heteroatoms. The summed E-state index contributed by atoms with van der Waals surface area (Å²) in [5.41, 5.74) is 0.468. The molecule has 0 aliphatic heterocycles. The Bertz CT molecular complexity index is 423. The van der Waals surface area contributed by atoms with Crippen molar-refractivity contribution in [2.24, 2.45) is 5.92 Å². The van der Waals surface area contributed by atoms with Gasteiger partial charge in [-0.3, -0.25) is 4.79 Å². The normalized spacial score (nSPS) is 13.8. The lowest BCUT2D eigenvalue weighted by Gasteiger charge is -2.19. The highest BCUT2D eigenvalue weighted by molar-refractivity contribution is 6.30. The molecule has 2 unspecified atom stereocenters. The zero-order chi connectivity index (χ0) is 13.7. The number of ether oxygens (including phenoxy) is 1. The number of amides is 1. The number of nitrogens with one attached hydrogen (secondary N) is 1. The van der Waals surface area contributed by atoms with Crippen LogP contribution in [-0.4, -0.2) is 24.9 Å². The van der Waals surface area contributed by atoms with E-state index in [9.17, 15) is 4.79 Å². The Kier molecular flexibility index (Phi) is 5.76. The van der Waals surface area contributed by atoms with Gasteiger partial charge in [-0.2, -0.15) is 0 Å². The number of rotatable bonds is 5. The standard InChI is InChI=1S/C13H17Cl2NO2/c1-8(7-14)9(2)16-13(17)11-5-4-10(15)6-12(11)18-3/h4-6,8-9H,7H2,1-3H3,(H,16,17). The number of hydrogen-bond donors (Lipinski definition) is 1. The average molecular weight is 290 g/mol. The Morgan fingerprint density at radius 2 is 2.11 bits per heavy atom. The minimum Gasteiger partial charge on any atom is -0.496 e. The molecular formula is C13H17Cl2NO2. The molecular weight excluding hydrogens is 273 g/mol. The van der Waals surface area contributed by atoms with Crippen molar-refractivity contribution in [2.45, 2.75) is 19.9 Å². The Balaban J connectivity index is 2.84. The second kappa shape index (κ2) is 6.86. The summed E-state index contributed by atoms with van der Waals surface area (Å²) < 4.78 is 5.14. The molecule has 18 heavy (non-hydrogen) atoms. The fourth-order valence-electron chi connectivity index (χ4n) is 1.41. The van der Waals surface area contributed by atoms with Crippen molar-refractivity contribution in [2.75, 3.05) is 13.0 Å². The molecule has 1 N–H and O–H groups in total. The minimum absolute atomic E-state index is 0.00427. The van der Waals surface area contributed by atoms with Crippen LogP contribution < -0.4 is 10.1 Å². The molecule has 3 nitrogen and oxygen atoms in total. The highest BCUT2D eigenvalue weighted by Gasteiger charge is 2.17. The van der Waals surface area contributed by atoms with Gasteiger partial charge >= 0.3 is 0 Å². The molecule has 0 radical (unpaired) electrons. The van der Waals surface area contributed by atoms with E-state index in [4.69, 9.17) is 27.9 Å². The fraction of sp³-hybridized carbons (Fsp3) is 0.462. The first-order valence-corrected chi connectivity index (χ1v) is 6.61. The predicted molar refractivity (Wildman–Crippen MR) is 74.8 cm³/mol. The van der Waals surface area contributed by atoms with Gasteiger partial charge < -0.3 is 10.1 Å². The van der Waals surface area contributed by atoms with Crippen LogP contribution >= 0.6 is 23.2 Å². The molecule has 0 saturated carbocycles. The first kappa shape index (κ1) is 15.1. The molecule has 1 rings (SSSR count). The van der Waals surface area contributed by atoms with E-state index in [1.165, 1.54) is 7.11 Å². The summed E-state index contributed by atoms with van der Waals surface area (Å²) in [4.78, 5) is 12.1. The van der Waals surface area contributed by atoms with Crippen LogP contribution in [0.2, 0.25) is 5.02 Å². The van der Waals surface area contributed by atoms with Crippen LogP contribution in [0.15, 0.2) is 18.2 Å². The number of carbonyl (C=O) groups is 1. The third-order valence-corrected chi connectivity index (χ3v) is 3.59. The van der Waals surface area contributed by atoms with Crippen LogP contribution in [0.25, 0.3) is 0 Å². The maximum Gasteiger partial charge on any atom is 0.255 e. The first-order chi connectivity index (χ1) is 8.49. The van der Waals surface area contributed by atoms with Crippen LogP contribution in [0.5, 0.6) is 5.75 Å². The quantitative estimate of drug-likeness (QED) is 0.845. The van der Waals surface area contributed by atoms with Gasteiger partial charge in [-0.1, -0.05) is 18.5 Å². The molecule has 0 heterocycles. The predicted octanol–water partition coefficient (Wildman–Crippen LogP) is 3.34. The molecule has 0 fully saturated rings. The smallest absolute Gasteiger partial charge is 0.255 e. The monoisotopic (exact) mass is 289 g/mol. The van der Waals surface area contributed by atoms with Crippen molar-refractivity contribution in [1.82, 2.24) is 5.32 Å². The van der Waals surface area contributed by atoms with E-state index in [1.54, 1.807) is 18.2 Å². The van der Waals surface area contributed by atoms with E-state index < -0.39 is 0 Å².